The Kier molecular flexibility index (Phi) is 8.79. The van der Waals surface area contributed by atoms with E-state index in [-0.39, 0.29) is 13.2 Å². The van der Waals surface area contributed by atoms with Gasteiger partial charge in [-0.15, -0.1) is 0 Å². The van der Waals surface area contributed by atoms with E-state index in [4.69, 9.17) is 14.2 Å². The number of methoxy groups -OCH3 is 2. The van der Waals surface area contributed by atoms with Gasteiger partial charge in [-0.25, -0.2) is 5.43 Å². The monoisotopic (exact) mass is 472 g/mol. The number of amides is 2. The molecule has 0 fully saturated rings. The van der Waals surface area contributed by atoms with E-state index in [1.54, 1.807) is 36.4 Å². The molecule has 3 aromatic rings. The number of hydrogen-bond acceptors (Lipinski definition) is 7. The fourth-order valence-electron chi connectivity index (χ4n) is 3.08. The van der Waals surface area contributed by atoms with Crippen LogP contribution in [0.15, 0.2) is 71.8 Å². The van der Waals surface area contributed by atoms with E-state index in [0.717, 1.165) is 5.56 Å². The van der Waals surface area contributed by atoms with Crippen LogP contribution in [0.2, 0.25) is 0 Å². The SMILES string of the molecule is COc1ccc(C(=O)NCC(=O)N/N=C\c2ccccc2OCc2ccccc2C#N)cc1OC. The first-order valence-corrected chi connectivity index (χ1v) is 10.6. The molecule has 0 aliphatic carbocycles. The van der Waals surface area contributed by atoms with Gasteiger partial charge in [-0.3, -0.25) is 9.59 Å². The minimum atomic E-state index is -0.503. The summed E-state index contributed by atoms with van der Waals surface area (Å²) in [6.07, 6.45) is 1.44. The summed E-state index contributed by atoms with van der Waals surface area (Å²) in [6, 6.07) is 21.2. The van der Waals surface area contributed by atoms with Crippen LogP contribution in [0.1, 0.15) is 27.0 Å². The number of hydrogen-bond donors (Lipinski definition) is 2. The number of carbonyl (C=O) groups is 2. The van der Waals surface area contributed by atoms with Gasteiger partial charge in [0.2, 0.25) is 0 Å². The van der Waals surface area contributed by atoms with Crippen LogP contribution in [0, 0.1) is 11.3 Å². The van der Waals surface area contributed by atoms with Crippen LogP contribution in [0.3, 0.4) is 0 Å². The van der Waals surface area contributed by atoms with Gasteiger partial charge in [0.1, 0.15) is 12.4 Å². The van der Waals surface area contributed by atoms with Crippen molar-refractivity contribution < 1.29 is 23.8 Å². The Morgan fingerprint density at radius 2 is 1.71 bits per heavy atom. The third kappa shape index (κ3) is 6.82. The Hall–Kier alpha value is -4.84. The molecule has 0 radical (unpaired) electrons. The topological polar surface area (TPSA) is 122 Å². The average molecular weight is 473 g/mol. The molecule has 0 atom stereocenters. The van der Waals surface area contributed by atoms with Crippen LogP contribution in [0.4, 0.5) is 0 Å². The minimum absolute atomic E-state index is 0.211. The number of ether oxygens (including phenoxy) is 3. The number of para-hydroxylation sites is 1. The van der Waals surface area contributed by atoms with Crippen LogP contribution in [0.5, 0.6) is 17.2 Å². The van der Waals surface area contributed by atoms with Crippen molar-refractivity contribution in [1.82, 2.24) is 10.7 Å². The predicted molar refractivity (Wildman–Crippen MR) is 130 cm³/mol. The third-order valence-electron chi connectivity index (χ3n) is 4.89. The van der Waals surface area contributed by atoms with Crippen molar-refractivity contribution in [3.8, 4) is 23.3 Å². The molecule has 3 rings (SSSR count). The van der Waals surface area contributed by atoms with Gasteiger partial charge in [0.05, 0.1) is 38.6 Å². The van der Waals surface area contributed by atoms with Gasteiger partial charge in [0.15, 0.2) is 11.5 Å². The molecule has 2 N–H and O–H groups in total. The van der Waals surface area contributed by atoms with Crippen molar-refractivity contribution in [1.29, 1.82) is 5.26 Å². The zero-order valence-corrected chi connectivity index (χ0v) is 19.3. The molecule has 0 spiro atoms. The third-order valence-corrected chi connectivity index (χ3v) is 4.89. The molecule has 0 aliphatic heterocycles. The van der Waals surface area contributed by atoms with Crippen LogP contribution in [-0.4, -0.2) is 38.8 Å². The first-order valence-electron chi connectivity index (χ1n) is 10.6. The Morgan fingerprint density at radius 1 is 0.971 bits per heavy atom. The fourth-order valence-corrected chi connectivity index (χ4v) is 3.08. The lowest BCUT2D eigenvalue weighted by atomic mass is 10.1. The van der Waals surface area contributed by atoms with Gasteiger partial charge in [-0.2, -0.15) is 10.4 Å². The van der Waals surface area contributed by atoms with Gasteiger partial charge in [-0.05, 0) is 36.4 Å². The second-order valence-electron chi connectivity index (χ2n) is 7.14. The van der Waals surface area contributed by atoms with Crippen molar-refractivity contribution in [3.63, 3.8) is 0 Å². The van der Waals surface area contributed by atoms with Crippen LogP contribution < -0.4 is 25.0 Å². The molecule has 0 unspecified atom stereocenters. The van der Waals surface area contributed by atoms with E-state index >= 15 is 0 Å². The number of hydrazone groups is 1. The summed E-state index contributed by atoms with van der Waals surface area (Å²) in [6.45, 7) is -0.0588. The van der Waals surface area contributed by atoms with E-state index in [0.29, 0.717) is 33.9 Å². The van der Waals surface area contributed by atoms with Crippen molar-refractivity contribution in [2.45, 2.75) is 6.61 Å². The molecule has 35 heavy (non-hydrogen) atoms. The number of nitriles is 1. The number of rotatable bonds is 10. The van der Waals surface area contributed by atoms with E-state index in [9.17, 15) is 14.9 Å². The largest absolute Gasteiger partial charge is 0.493 e. The summed E-state index contributed by atoms with van der Waals surface area (Å²) >= 11 is 0. The maximum Gasteiger partial charge on any atom is 0.259 e. The number of benzene rings is 3. The minimum Gasteiger partial charge on any atom is -0.493 e. The first kappa shape index (κ1) is 24.8. The molecule has 0 saturated carbocycles. The van der Waals surface area contributed by atoms with Crippen LogP contribution in [0.25, 0.3) is 0 Å². The maximum absolute atomic E-state index is 12.3. The summed E-state index contributed by atoms with van der Waals surface area (Å²) in [7, 11) is 2.97. The maximum atomic E-state index is 12.3. The second kappa shape index (κ2) is 12.4. The van der Waals surface area contributed by atoms with E-state index in [2.05, 4.69) is 21.9 Å². The quantitative estimate of drug-likeness (QED) is 0.346. The molecule has 0 aromatic heterocycles. The highest BCUT2D eigenvalue weighted by Crippen LogP contribution is 2.27. The molecule has 0 heterocycles. The van der Waals surface area contributed by atoms with Crippen LogP contribution >= 0.6 is 0 Å². The first-order chi connectivity index (χ1) is 17.0. The van der Waals surface area contributed by atoms with Gasteiger partial charge < -0.3 is 19.5 Å². The zero-order chi connectivity index (χ0) is 25.0. The van der Waals surface area contributed by atoms with Crippen molar-refractivity contribution in [3.05, 3.63) is 89.0 Å². The van der Waals surface area contributed by atoms with Crippen molar-refractivity contribution in [2.24, 2.45) is 5.10 Å². The normalized spacial score (nSPS) is 10.3. The molecule has 0 bridgehead atoms. The predicted octanol–water partition coefficient (Wildman–Crippen LogP) is 3.03. The van der Waals surface area contributed by atoms with Crippen molar-refractivity contribution >= 4 is 18.0 Å². The molecule has 3 aromatic carbocycles. The zero-order valence-electron chi connectivity index (χ0n) is 19.3. The molecule has 9 nitrogen and oxygen atoms in total. The van der Waals surface area contributed by atoms with Gasteiger partial charge >= 0.3 is 0 Å². The molecular formula is C26H24N4O5. The summed E-state index contributed by atoms with van der Waals surface area (Å²) in [5.74, 6) is 0.499. The molecule has 2 amide bonds. The standard InChI is InChI=1S/C26H24N4O5/c1-33-23-12-11-18(13-24(23)34-2)26(32)28-16-25(31)30-29-15-20-8-5-6-10-22(20)35-17-21-9-4-3-7-19(21)14-27/h3-13,15H,16-17H2,1-2H3,(H,28,32)(H,30,31)/b29-15-. The van der Waals surface area contributed by atoms with Gasteiger partial charge in [-0.1, -0.05) is 30.3 Å². The van der Waals surface area contributed by atoms with Crippen molar-refractivity contribution in [2.75, 3.05) is 20.8 Å². The lowest BCUT2D eigenvalue weighted by molar-refractivity contribution is -0.120. The Labute approximate surface area is 202 Å². The highest BCUT2D eigenvalue weighted by molar-refractivity contribution is 5.97. The molecule has 178 valence electrons. The summed E-state index contributed by atoms with van der Waals surface area (Å²) in [4.78, 5) is 24.4. The molecule has 0 saturated heterocycles. The molecular weight excluding hydrogens is 448 g/mol. The summed E-state index contributed by atoms with van der Waals surface area (Å²) < 4.78 is 16.2. The summed E-state index contributed by atoms with van der Waals surface area (Å²) in [5.41, 5.74) is 4.64. The number of nitrogens with one attached hydrogen (secondary N) is 2. The average Bonchev–Trinajstić information content (AvgIpc) is 2.90. The lowest BCUT2D eigenvalue weighted by Crippen LogP contribution is -2.34. The van der Waals surface area contributed by atoms with E-state index in [1.165, 1.54) is 26.5 Å². The smallest absolute Gasteiger partial charge is 0.259 e. The second-order valence-corrected chi connectivity index (χ2v) is 7.14. The van der Waals surface area contributed by atoms with E-state index < -0.39 is 11.8 Å². The van der Waals surface area contributed by atoms with Crippen LogP contribution in [-0.2, 0) is 11.4 Å². The molecule has 0 aliphatic rings. The fraction of sp³-hybridized carbons (Fsp3) is 0.154. The lowest BCUT2D eigenvalue weighted by Gasteiger charge is -2.10. The highest BCUT2D eigenvalue weighted by Gasteiger charge is 2.12. The summed E-state index contributed by atoms with van der Waals surface area (Å²) in [5, 5.41) is 15.7. The number of nitrogens with zero attached hydrogens (tertiary/aromatic N) is 2. The highest BCUT2D eigenvalue weighted by atomic mass is 16.5. The number of carbonyl (C=O) groups excluding carboxylic acids is 2. The Morgan fingerprint density at radius 3 is 2.49 bits per heavy atom. The molecule has 9 heteroatoms. The Balaban J connectivity index is 1.54. The van der Waals surface area contributed by atoms with Gasteiger partial charge in [0.25, 0.3) is 11.8 Å². The Bertz CT molecular complexity index is 1270. The van der Waals surface area contributed by atoms with Gasteiger partial charge in [0, 0.05) is 16.7 Å². The van der Waals surface area contributed by atoms with E-state index in [1.807, 2.05) is 24.3 Å².